The zero-order chi connectivity index (χ0) is 13.3. The molecule has 1 aromatic heterocycles. The summed E-state index contributed by atoms with van der Waals surface area (Å²) in [5.74, 6) is -0.0435. The lowest BCUT2D eigenvalue weighted by Gasteiger charge is -2.04. The van der Waals surface area contributed by atoms with Crippen LogP contribution in [-0.2, 0) is 0 Å². The van der Waals surface area contributed by atoms with Gasteiger partial charge in [-0.25, -0.2) is 0 Å². The van der Waals surface area contributed by atoms with Crippen LogP contribution in [-0.4, -0.2) is 15.1 Å². The molecule has 0 radical (unpaired) electrons. The van der Waals surface area contributed by atoms with Crippen LogP contribution in [0, 0.1) is 10.1 Å². The fraction of sp³-hybridized carbons (Fsp3) is 0. The lowest BCUT2D eigenvalue weighted by molar-refractivity contribution is -0.385. The maximum atomic E-state index is 10.9. The number of hydrogen-bond acceptors (Lipinski definition) is 6. The van der Waals surface area contributed by atoms with Crippen molar-refractivity contribution in [2.75, 3.05) is 0 Å². The highest BCUT2D eigenvalue weighted by molar-refractivity contribution is 9.11. The van der Waals surface area contributed by atoms with E-state index in [9.17, 15) is 10.1 Å². The summed E-state index contributed by atoms with van der Waals surface area (Å²) in [5.41, 5.74) is -0.296. The average Bonchev–Trinajstić information content (AvgIpc) is 2.68. The van der Waals surface area contributed by atoms with Crippen molar-refractivity contribution in [3.8, 4) is 10.9 Å². The summed E-state index contributed by atoms with van der Waals surface area (Å²) in [6, 6.07) is 2.38. The van der Waals surface area contributed by atoms with Crippen LogP contribution < -0.4 is 4.74 Å². The molecule has 2 aromatic rings. The Bertz CT molecular complexity index is 622. The average molecular weight is 371 g/mol. The van der Waals surface area contributed by atoms with Crippen molar-refractivity contribution in [3.63, 3.8) is 0 Å². The van der Waals surface area contributed by atoms with Gasteiger partial charge in [0, 0.05) is 12.1 Å². The number of aromatic nitrogens is 2. The number of benzene rings is 1. The second-order valence-electron chi connectivity index (χ2n) is 2.91. The van der Waals surface area contributed by atoms with Gasteiger partial charge in [0.1, 0.15) is 0 Å². The summed E-state index contributed by atoms with van der Waals surface area (Å²) in [6.45, 7) is 0. The molecular weight excluding hydrogens is 369 g/mol. The van der Waals surface area contributed by atoms with Gasteiger partial charge in [-0.2, -0.15) is 0 Å². The topological polar surface area (TPSA) is 78.2 Å². The Morgan fingerprint density at radius 2 is 2.00 bits per heavy atom. The molecule has 0 aliphatic rings. The molecule has 0 saturated carbocycles. The molecule has 18 heavy (non-hydrogen) atoms. The molecule has 0 aliphatic heterocycles. The Balaban J connectivity index is 2.42. The van der Waals surface area contributed by atoms with E-state index >= 15 is 0 Å². The standard InChI is InChI=1S/C8H2BrCl2N3O3S/c9-7-12-13-8(18-7)17-6-2-4(11)3(10)1-5(6)14(15)16/h1-2H. The fourth-order valence-electron chi connectivity index (χ4n) is 1.07. The van der Waals surface area contributed by atoms with Crippen molar-refractivity contribution in [2.45, 2.75) is 0 Å². The summed E-state index contributed by atoms with van der Waals surface area (Å²) in [6.07, 6.45) is 0. The molecule has 2 rings (SSSR count). The van der Waals surface area contributed by atoms with Gasteiger partial charge in [0.25, 0.3) is 0 Å². The lowest BCUT2D eigenvalue weighted by atomic mass is 10.3. The molecule has 0 atom stereocenters. The third-order valence-electron chi connectivity index (χ3n) is 1.78. The van der Waals surface area contributed by atoms with Gasteiger partial charge in [0.05, 0.1) is 15.0 Å². The van der Waals surface area contributed by atoms with E-state index in [2.05, 4.69) is 26.1 Å². The van der Waals surface area contributed by atoms with Crippen LogP contribution in [0.2, 0.25) is 10.0 Å². The molecule has 1 aromatic carbocycles. The van der Waals surface area contributed by atoms with E-state index in [1.165, 1.54) is 6.07 Å². The first-order valence-corrected chi connectivity index (χ1v) is 6.64. The lowest BCUT2D eigenvalue weighted by Crippen LogP contribution is -1.93. The molecule has 0 fully saturated rings. The first-order valence-electron chi connectivity index (χ1n) is 4.27. The molecule has 0 bridgehead atoms. The number of rotatable bonds is 3. The minimum Gasteiger partial charge on any atom is -0.422 e. The molecule has 0 saturated heterocycles. The molecule has 94 valence electrons. The van der Waals surface area contributed by atoms with Crippen molar-refractivity contribution >= 4 is 56.2 Å². The molecular formula is C8H2BrCl2N3O3S. The first-order chi connectivity index (χ1) is 8.47. The summed E-state index contributed by atoms with van der Waals surface area (Å²) in [4.78, 5) is 10.2. The van der Waals surface area contributed by atoms with Gasteiger partial charge < -0.3 is 4.74 Å². The second kappa shape index (κ2) is 5.35. The number of nitro benzene ring substituents is 1. The van der Waals surface area contributed by atoms with Crippen LogP contribution in [0.15, 0.2) is 16.0 Å². The van der Waals surface area contributed by atoms with Crippen LogP contribution in [0.25, 0.3) is 0 Å². The van der Waals surface area contributed by atoms with Gasteiger partial charge in [0.15, 0.2) is 3.92 Å². The molecule has 1 heterocycles. The van der Waals surface area contributed by atoms with E-state index in [1.807, 2.05) is 0 Å². The Hall–Kier alpha value is -0.960. The highest BCUT2D eigenvalue weighted by Crippen LogP contribution is 2.38. The third kappa shape index (κ3) is 2.89. The minimum atomic E-state index is -0.617. The molecule has 10 heteroatoms. The van der Waals surface area contributed by atoms with Gasteiger partial charge in [-0.3, -0.25) is 10.1 Å². The number of nitro groups is 1. The van der Waals surface area contributed by atoms with Gasteiger partial charge in [-0.05, 0) is 27.3 Å². The summed E-state index contributed by atoms with van der Waals surface area (Å²) < 4.78 is 5.76. The first kappa shape index (κ1) is 13.5. The molecule has 0 spiro atoms. The van der Waals surface area contributed by atoms with Crippen molar-refractivity contribution < 1.29 is 9.66 Å². The van der Waals surface area contributed by atoms with Crippen molar-refractivity contribution in [1.29, 1.82) is 0 Å². The molecule has 0 N–H and O–H groups in total. The Kier molecular flexibility index (Phi) is 4.00. The maximum absolute atomic E-state index is 10.9. The largest absolute Gasteiger partial charge is 0.422 e. The predicted molar refractivity (Wildman–Crippen MR) is 70.8 cm³/mol. The Morgan fingerprint density at radius 3 is 2.56 bits per heavy atom. The number of hydrogen-bond donors (Lipinski definition) is 0. The van der Waals surface area contributed by atoms with Gasteiger partial charge in [-0.1, -0.05) is 28.3 Å². The van der Waals surface area contributed by atoms with E-state index < -0.39 is 4.92 Å². The zero-order valence-corrected chi connectivity index (χ0v) is 12.2. The summed E-state index contributed by atoms with van der Waals surface area (Å²) >= 11 is 15.7. The molecule has 0 aliphatic carbocycles. The molecule has 0 amide bonds. The minimum absolute atomic E-state index is 0.0435. The van der Waals surface area contributed by atoms with Crippen LogP contribution >= 0.6 is 50.5 Å². The number of ether oxygens (including phenoxy) is 1. The van der Waals surface area contributed by atoms with Gasteiger partial charge in [0.2, 0.25) is 5.75 Å². The van der Waals surface area contributed by atoms with Crippen LogP contribution in [0.1, 0.15) is 0 Å². The summed E-state index contributed by atoms with van der Waals surface area (Å²) in [5, 5.41) is 18.6. The molecule has 6 nitrogen and oxygen atoms in total. The predicted octanol–water partition coefficient (Wildman–Crippen LogP) is 4.31. The second-order valence-corrected chi connectivity index (χ2v) is 5.94. The van der Waals surface area contributed by atoms with Gasteiger partial charge in [-0.15, -0.1) is 5.10 Å². The van der Waals surface area contributed by atoms with Crippen molar-refractivity contribution in [3.05, 3.63) is 36.2 Å². The Morgan fingerprint density at radius 1 is 1.33 bits per heavy atom. The quantitative estimate of drug-likeness (QED) is 0.594. The Labute approximate surface area is 123 Å². The summed E-state index contributed by atoms with van der Waals surface area (Å²) in [7, 11) is 0. The SMILES string of the molecule is O=[N+]([O-])c1cc(Cl)c(Cl)cc1Oc1nnc(Br)s1. The monoisotopic (exact) mass is 369 g/mol. The van der Waals surface area contributed by atoms with Crippen molar-refractivity contribution in [2.24, 2.45) is 0 Å². The number of halogens is 3. The fourth-order valence-corrected chi connectivity index (χ4v) is 2.32. The smallest absolute Gasteiger partial charge is 0.313 e. The highest BCUT2D eigenvalue weighted by Gasteiger charge is 2.20. The van der Waals surface area contributed by atoms with Crippen LogP contribution in [0.5, 0.6) is 10.9 Å². The maximum Gasteiger partial charge on any atom is 0.313 e. The van der Waals surface area contributed by atoms with E-state index in [0.717, 1.165) is 17.4 Å². The zero-order valence-electron chi connectivity index (χ0n) is 8.26. The normalized spacial score (nSPS) is 10.4. The van der Waals surface area contributed by atoms with E-state index in [4.69, 9.17) is 27.9 Å². The number of nitrogens with zero attached hydrogens (tertiary/aromatic N) is 3. The van der Waals surface area contributed by atoms with Crippen LogP contribution in [0.3, 0.4) is 0 Å². The highest BCUT2D eigenvalue weighted by atomic mass is 79.9. The van der Waals surface area contributed by atoms with E-state index in [0.29, 0.717) is 3.92 Å². The molecule has 0 unspecified atom stereocenters. The van der Waals surface area contributed by atoms with Gasteiger partial charge >= 0.3 is 10.9 Å². The van der Waals surface area contributed by atoms with E-state index in [1.54, 1.807) is 0 Å². The van der Waals surface area contributed by atoms with Crippen LogP contribution in [0.4, 0.5) is 5.69 Å². The van der Waals surface area contributed by atoms with E-state index in [-0.39, 0.29) is 26.7 Å². The third-order valence-corrected chi connectivity index (χ3v) is 3.73. The van der Waals surface area contributed by atoms with Crippen molar-refractivity contribution in [1.82, 2.24) is 10.2 Å².